The number of fused-ring (bicyclic) bond motifs is 1. The largest absolute Gasteiger partial charge is 0.486 e. The number of nitrogens with zero attached hydrogens (tertiary/aromatic N) is 3. The van der Waals surface area contributed by atoms with Gasteiger partial charge in [-0.25, -0.2) is 4.98 Å². The van der Waals surface area contributed by atoms with Gasteiger partial charge in [0.05, 0.1) is 10.9 Å². The van der Waals surface area contributed by atoms with Crippen LogP contribution in [-0.4, -0.2) is 34.1 Å². The Morgan fingerprint density at radius 3 is 2.39 bits per heavy atom. The molecule has 0 atom stereocenters. The fourth-order valence-corrected chi connectivity index (χ4v) is 3.33. The lowest BCUT2D eigenvalue weighted by molar-refractivity contribution is 0.266. The van der Waals surface area contributed by atoms with Gasteiger partial charge in [-0.05, 0) is 55.6 Å². The third kappa shape index (κ3) is 4.85. The summed E-state index contributed by atoms with van der Waals surface area (Å²) < 4.78 is 7.55. The SMILES string of the molecule is CCN(CC)CCn1c(COc2ccc(Cl)cc2)nc2cc(Cl)ccc2c1=O. The van der Waals surface area contributed by atoms with Crippen molar-refractivity contribution in [2.45, 2.75) is 27.0 Å². The van der Waals surface area contributed by atoms with E-state index in [9.17, 15) is 4.79 Å². The smallest absolute Gasteiger partial charge is 0.261 e. The third-order valence-electron chi connectivity index (χ3n) is 4.71. The lowest BCUT2D eigenvalue weighted by Crippen LogP contribution is -2.33. The van der Waals surface area contributed by atoms with Gasteiger partial charge in [0, 0.05) is 23.1 Å². The van der Waals surface area contributed by atoms with Crippen LogP contribution in [0, 0.1) is 0 Å². The van der Waals surface area contributed by atoms with Crippen molar-refractivity contribution in [2.75, 3.05) is 19.6 Å². The van der Waals surface area contributed by atoms with Gasteiger partial charge in [0.25, 0.3) is 5.56 Å². The number of benzene rings is 2. The zero-order valence-electron chi connectivity index (χ0n) is 16.0. The monoisotopic (exact) mass is 419 g/mol. The molecule has 3 aromatic rings. The predicted molar refractivity (Wildman–Crippen MR) is 115 cm³/mol. The van der Waals surface area contributed by atoms with Gasteiger partial charge >= 0.3 is 0 Å². The van der Waals surface area contributed by atoms with Gasteiger partial charge in [0.1, 0.15) is 18.2 Å². The summed E-state index contributed by atoms with van der Waals surface area (Å²) in [6.07, 6.45) is 0. The van der Waals surface area contributed by atoms with E-state index in [0.29, 0.717) is 39.1 Å². The predicted octanol–water partition coefficient (Wildman–Crippen LogP) is 4.62. The highest BCUT2D eigenvalue weighted by Gasteiger charge is 2.13. The zero-order valence-corrected chi connectivity index (χ0v) is 17.5. The minimum absolute atomic E-state index is 0.0801. The molecular formula is C21H23Cl2N3O2. The quantitative estimate of drug-likeness (QED) is 0.534. The van der Waals surface area contributed by atoms with Gasteiger partial charge in [0.15, 0.2) is 0 Å². The molecule has 0 aliphatic carbocycles. The molecule has 0 spiro atoms. The number of likely N-dealkylation sites (N-methyl/N-ethyl adjacent to an activating group) is 1. The van der Waals surface area contributed by atoms with E-state index in [2.05, 4.69) is 23.7 Å². The fourth-order valence-electron chi connectivity index (χ4n) is 3.04. The summed E-state index contributed by atoms with van der Waals surface area (Å²) in [7, 11) is 0. The number of hydrogen-bond acceptors (Lipinski definition) is 4. The zero-order chi connectivity index (χ0) is 20.1. The summed E-state index contributed by atoms with van der Waals surface area (Å²) >= 11 is 12.0. The number of hydrogen-bond donors (Lipinski definition) is 0. The number of halogens is 2. The molecule has 1 heterocycles. The summed E-state index contributed by atoms with van der Waals surface area (Å²) in [5.41, 5.74) is 0.495. The number of ether oxygens (including phenoxy) is 1. The molecule has 0 aliphatic heterocycles. The van der Waals surface area contributed by atoms with Crippen molar-refractivity contribution in [2.24, 2.45) is 0 Å². The highest BCUT2D eigenvalue weighted by atomic mass is 35.5. The molecule has 0 unspecified atom stereocenters. The normalized spacial score (nSPS) is 11.3. The molecule has 0 saturated carbocycles. The van der Waals surface area contributed by atoms with Gasteiger partial charge in [-0.1, -0.05) is 37.0 Å². The Kier molecular flexibility index (Phi) is 6.94. The van der Waals surface area contributed by atoms with Crippen LogP contribution in [0.5, 0.6) is 5.75 Å². The number of aromatic nitrogens is 2. The molecule has 0 saturated heterocycles. The molecule has 0 bridgehead atoms. The Balaban J connectivity index is 1.95. The Hall–Kier alpha value is -2.08. The molecule has 7 heteroatoms. The number of rotatable bonds is 8. The van der Waals surface area contributed by atoms with Crippen LogP contribution in [0.2, 0.25) is 10.0 Å². The van der Waals surface area contributed by atoms with E-state index in [1.54, 1.807) is 47.0 Å². The van der Waals surface area contributed by atoms with Crippen LogP contribution in [0.25, 0.3) is 10.9 Å². The van der Waals surface area contributed by atoms with Crippen molar-refractivity contribution < 1.29 is 4.74 Å². The van der Waals surface area contributed by atoms with Gasteiger partial charge < -0.3 is 9.64 Å². The molecule has 0 radical (unpaired) electrons. The lowest BCUT2D eigenvalue weighted by Gasteiger charge is -2.20. The second-order valence-electron chi connectivity index (χ2n) is 6.42. The summed E-state index contributed by atoms with van der Waals surface area (Å²) in [5, 5.41) is 1.74. The van der Waals surface area contributed by atoms with Crippen molar-refractivity contribution in [3.05, 3.63) is 68.7 Å². The molecule has 3 rings (SSSR count). The average Bonchev–Trinajstić information content (AvgIpc) is 2.69. The van der Waals surface area contributed by atoms with Crippen molar-refractivity contribution >= 4 is 34.1 Å². The summed E-state index contributed by atoms with van der Waals surface area (Å²) in [5.74, 6) is 1.24. The van der Waals surface area contributed by atoms with Gasteiger partial charge in [-0.3, -0.25) is 9.36 Å². The minimum Gasteiger partial charge on any atom is -0.486 e. The van der Waals surface area contributed by atoms with Crippen molar-refractivity contribution in [3.8, 4) is 5.75 Å². The Labute approximate surface area is 174 Å². The van der Waals surface area contributed by atoms with Crippen molar-refractivity contribution in [1.82, 2.24) is 14.5 Å². The second-order valence-corrected chi connectivity index (χ2v) is 7.29. The van der Waals surface area contributed by atoms with Crippen LogP contribution in [0.3, 0.4) is 0 Å². The molecule has 5 nitrogen and oxygen atoms in total. The maximum absolute atomic E-state index is 13.1. The lowest BCUT2D eigenvalue weighted by atomic mass is 10.2. The highest BCUT2D eigenvalue weighted by molar-refractivity contribution is 6.31. The molecule has 1 aromatic heterocycles. The second kappa shape index (κ2) is 9.41. The first-order chi connectivity index (χ1) is 13.5. The molecule has 0 N–H and O–H groups in total. The van der Waals surface area contributed by atoms with E-state index in [0.717, 1.165) is 19.6 Å². The standard InChI is InChI=1S/C21H23Cl2N3O2/c1-3-25(4-2)11-12-26-20(14-28-17-8-5-15(22)6-9-17)24-19-13-16(23)7-10-18(19)21(26)27/h5-10,13H,3-4,11-12,14H2,1-2H3. The maximum atomic E-state index is 13.1. The van der Waals surface area contributed by atoms with E-state index in [-0.39, 0.29) is 12.2 Å². The van der Waals surface area contributed by atoms with Gasteiger partial charge in [0.2, 0.25) is 0 Å². The van der Waals surface area contributed by atoms with Crippen LogP contribution in [-0.2, 0) is 13.2 Å². The van der Waals surface area contributed by atoms with E-state index >= 15 is 0 Å². The van der Waals surface area contributed by atoms with E-state index in [1.807, 2.05) is 0 Å². The van der Waals surface area contributed by atoms with Crippen molar-refractivity contribution in [1.29, 1.82) is 0 Å². The van der Waals surface area contributed by atoms with E-state index < -0.39 is 0 Å². The van der Waals surface area contributed by atoms with Gasteiger partial charge in [-0.2, -0.15) is 0 Å². The topological polar surface area (TPSA) is 47.4 Å². The molecule has 0 fully saturated rings. The highest BCUT2D eigenvalue weighted by Crippen LogP contribution is 2.18. The average molecular weight is 420 g/mol. The van der Waals surface area contributed by atoms with Crippen LogP contribution in [0.15, 0.2) is 47.3 Å². The summed E-state index contributed by atoms with van der Waals surface area (Å²) in [4.78, 5) is 20.0. The molecule has 2 aromatic carbocycles. The Morgan fingerprint density at radius 1 is 1.04 bits per heavy atom. The molecule has 0 amide bonds. The molecule has 148 valence electrons. The van der Waals surface area contributed by atoms with Crippen LogP contribution in [0.1, 0.15) is 19.7 Å². The first kappa shape index (κ1) is 20.6. The first-order valence-corrected chi connectivity index (χ1v) is 10.1. The van der Waals surface area contributed by atoms with E-state index in [4.69, 9.17) is 27.9 Å². The summed E-state index contributed by atoms with van der Waals surface area (Å²) in [6.45, 7) is 7.57. The minimum atomic E-state index is -0.0801. The molecular weight excluding hydrogens is 397 g/mol. The van der Waals surface area contributed by atoms with Gasteiger partial charge in [-0.15, -0.1) is 0 Å². The van der Waals surface area contributed by atoms with Crippen LogP contribution < -0.4 is 10.3 Å². The Morgan fingerprint density at radius 2 is 1.71 bits per heavy atom. The molecule has 28 heavy (non-hydrogen) atoms. The molecule has 0 aliphatic rings. The maximum Gasteiger partial charge on any atom is 0.261 e. The van der Waals surface area contributed by atoms with Crippen molar-refractivity contribution in [3.63, 3.8) is 0 Å². The van der Waals surface area contributed by atoms with E-state index in [1.165, 1.54) is 0 Å². The van der Waals surface area contributed by atoms with Crippen LogP contribution >= 0.6 is 23.2 Å². The first-order valence-electron chi connectivity index (χ1n) is 9.31. The fraction of sp³-hybridized carbons (Fsp3) is 0.333. The summed E-state index contributed by atoms with van der Waals surface area (Å²) in [6, 6.07) is 12.3. The third-order valence-corrected chi connectivity index (χ3v) is 5.20. The Bertz CT molecular complexity index is 999. The van der Waals surface area contributed by atoms with Crippen LogP contribution in [0.4, 0.5) is 0 Å².